The van der Waals surface area contributed by atoms with Gasteiger partial charge in [-0.25, -0.2) is 5.43 Å². The molecular weight excluding hydrogens is 388 g/mol. The summed E-state index contributed by atoms with van der Waals surface area (Å²) < 4.78 is 10.8. The quantitative estimate of drug-likeness (QED) is 0.398. The minimum Gasteiger partial charge on any atom is -0.490 e. The van der Waals surface area contributed by atoms with Gasteiger partial charge < -0.3 is 20.5 Å². The summed E-state index contributed by atoms with van der Waals surface area (Å²) in [6.45, 7) is 3.65. The SMILES string of the molecule is CCOc1cc(/C=N\NC(=O)CNC(=O)c2ccc(C)cc2)ccc1OCC(N)=O. The summed E-state index contributed by atoms with van der Waals surface area (Å²) >= 11 is 0. The number of nitrogens with zero attached hydrogens (tertiary/aromatic N) is 1. The van der Waals surface area contributed by atoms with Gasteiger partial charge in [-0.05, 0) is 49.7 Å². The number of benzene rings is 2. The van der Waals surface area contributed by atoms with Crippen LogP contribution in [-0.2, 0) is 9.59 Å². The number of nitrogens with two attached hydrogens (primary N) is 1. The van der Waals surface area contributed by atoms with Crippen LogP contribution in [0.25, 0.3) is 0 Å². The first kappa shape index (κ1) is 22.4. The number of ether oxygens (including phenoxy) is 2. The number of amides is 3. The highest BCUT2D eigenvalue weighted by Crippen LogP contribution is 2.27. The van der Waals surface area contributed by atoms with Crippen LogP contribution >= 0.6 is 0 Å². The third-order valence-electron chi connectivity index (χ3n) is 3.76. The van der Waals surface area contributed by atoms with Gasteiger partial charge in [-0.2, -0.15) is 5.10 Å². The number of hydrogen-bond acceptors (Lipinski definition) is 6. The average molecular weight is 412 g/mol. The van der Waals surface area contributed by atoms with Crippen LogP contribution in [0.4, 0.5) is 0 Å². The minimum atomic E-state index is -0.597. The van der Waals surface area contributed by atoms with Crippen LogP contribution in [0.3, 0.4) is 0 Å². The highest BCUT2D eigenvalue weighted by Gasteiger charge is 2.09. The van der Waals surface area contributed by atoms with Crippen molar-refractivity contribution in [3.63, 3.8) is 0 Å². The second-order valence-corrected chi connectivity index (χ2v) is 6.24. The predicted molar refractivity (Wildman–Crippen MR) is 112 cm³/mol. The van der Waals surface area contributed by atoms with Crippen molar-refractivity contribution in [2.75, 3.05) is 19.8 Å². The summed E-state index contributed by atoms with van der Waals surface area (Å²) in [6.07, 6.45) is 1.42. The standard InChI is InChI=1S/C21H24N4O5/c1-3-29-18-10-15(6-9-17(18)30-13-19(22)26)11-24-25-20(27)12-23-21(28)16-7-4-14(2)5-8-16/h4-11H,3,12-13H2,1-2H3,(H2,22,26)(H,23,28)(H,25,27)/b24-11-. The van der Waals surface area contributed by atoms with Gasteiger partial charge in [0.15, 0.2) is 18.1 Å². The van der Waals surface area contributed by atoms with Gasteiger partial charge >= 0.3 is 0 Å². The monoisotopic (exact) mass is 412 g/mol. The third-order valence-corrected chi connectivity index (χ3v) is 3.76. The highest BCUT2D eigenvalue weighted by atomic mass is 16.5. The lowest BCUT2D eigenvalue weighted by Gasteiger charge is -2.11. The van der Waals surface area contributed by atoms with E-state index in [4.69, 9.17) is 15.2 Å². The summed E-state index contributed by atoms with van der Waals surface area (Å²) in [5, 5.41) is 6.39. The second-order valence-electron chi connectivity index (χ2n) is 6.24. The Bertz CT molecular complexity index is 925. The second kappa shape index (κ2) is 11.2. The van der Waals surface area contributed by atoms with Crippen molar-refractivity contribution in [1.82, 2.24) is 10.7 Å². The van der Waals surface area contributed by atoms with E-state index in [-0.39, 0.29) is 19.1 Å². The lowest BCUT2D eigenvalue weighted by molar-refractivity contribution is -0.120. The number of rotatable bonds is 10. The Labute approximate surface area is 174 Å². The fraction of sp³-hybridized carbons (Fsp3) is 0.238. The molecule has 4 N–H and O–H groups in total. The van der Waals surface area contributed by atoms with E-state index in [2.05, 4.69) is 15.8 Å². The molecule has 0 aliphatic carbocycles. The van der Waals surface area contributed by atoms with Crippen molar-refractivity contribution in [2.24, 2.45) is 10.8 Å². The molecule has 3 amide bonds. The molecule has 0 heterocycles. The molecule has 2 aromatic rings. The predicted octanol–water partition coefficient (Wildman–Crippen LogP) is 1.14. The largest absolute Gasteiger partial charge is 0.490 e. The Morgan fingerprint density at radius 1 is 1.07 bits per heavy atom. The maximum absolute atomic E-state index is 12.0. The van der Waals surface area contributed by atoms with Crippen molar-refractivity contribution in [3.8, 4) is 11.5 Å². The van der Waals surface area contributed by atoms with E-state index >= 15 is 0 Å². The normalized spacial score (nSPS) is 10.5. The van der Waals surface area contributed by atoms with E-state index in [0.717, 1.165) is 5.56 Å². The van der Waals surface area contributed by atoms with Gasteiger partial charge in [0.25, 0.3) is 17.7 Å². The van der Waals surface area contributed by atoms with Crippen molar-refractivity contribution in [3.05, 3.63) is 59.2 Å². The Balaban J connectivity index is 1.88. The summed E-state index contributed by atoms with van der Waals surface area (Å²) in [7, 11) is 0. The third kappa shape index (κ3) is 7.27. The average Bonchev–Trinajstić information content (AvgIpc) is 2.72. The topological polar surface area (TPSA) is 132 Å². The van der Waals surface area contributed by atoms with E-state index in [9.17, 15) is 14.4 Å². The lowest BCUT2D eigenvalue weighted by Crippen LogP contribution is -2.34. The molecule has 0 aliphatic heterocycles. The van der Waals surface area contributed by atoms with Crippen molar-refractivity contribution in [1.29, 1.82) is 0 Å². The van der Waals surface area contributed by atoms with Crippen LogP contribution in [0.1, 0.15) is 28.4 Å². The molecular formula is C21H24N4O5. The number of hydrazone groups is 1. The molecule has 2 rings (SSSR count). The molecule has 0 spiro atoms. The molecule has 0 bridgehead atoms. The number of hydrogen-bond donors (Lipinski definition) is 3. The summed E-state index contributed by atoms with van der Waals surface area (Å²) in [5.41, 5.74) is 9.56. The molecule has 0 aliphatic rings. The van der Waals surface area contributed by atoms with Crippen molar-refractivity contribution < 1.29 is 23.9 Å². The Hall–Kier alpha value is -3.88. The van der Waals surface area contributed by atoms with E-state index < -0.39 is 11.8 Å². The van der Waals surface area contributed by atoms with Gasteiger partial charge in [-0.1, -0.05) is 17.7 Å². The van der Waals surface area contributed by atoms with Crippen molar-refractivity contribution >= 4 is 23.9 Å². The van der Waals surface area contributed by atoms with E-state index in [1.165, 1.54) is 6.21 Å². The van der Waals surface area contributed by atoms with Crippen LogP contribution in [0.2, 0.25) is 0 Å². The van der Waals surface area contributed by atoms with E-state index in [0.29, 0.717) is 29.2 Å². The number of nitrogens with one attached hydrogen (secondary N) is 2. The zero-order valence-corrected chi connectivity index (χ0v) is 16.8. The number of aryl methyl sites for hydroxylation is 1. The summed E-state index contributed by atoms with van der Waals surface area (Å²) in [6, 6.07) is 11.9. The molecule has 0 saturated carbocycles. The Morgan fingerprint density at radius 2 is 1.80 bits per heavy atom. The molecule has 0 fully saturated rings. The Morgan fingerprint density at radius 3 is 2.47 bits per heavy atom. The van der Waals surface area contributed by atoms with Crippen LogP contribution in [-0.4, -0.2) is 43.7 Å². The highest BCUT2D eigenvalue weighted by molar-refractivity contribution is 5.96. The number of carbonyl (C=O) groups excluding carboxylic acids is 3. The maximum Gasteiger partial charge on any atom is 0.259 e. The summed E-state index contributed by atoms with van der Waals surface area (Å²) in [4.78, 5) is 34.7. The van der Waals surface area contributed by atoms with E-state index in [1.54, 1.807) is 30.3 Å². The number of carbonyl (C=O) groups is 3. The first-order valence-corrected chi connectivity index (χ1v) is 9.23. The van der Waals surface area contributed by atoms with Crippen LogP contribution in [0, 0.1) is 6.92 Å². The van der Waals surface area contributed by atoms with Gasteiger partial charge in [-0.15, -0.1) is 0 Å². The molecule has 158 valence electrons. The van der Waals surface area contributed by atoms with Gasteiger partial charge in [0.2, 0.25) is 0 Å². The lowest BCUT2D eigenvalue weighted by atomic mass is 10.1. The zero-order chi connectivity index (χ0) is 21.9. The smallest absolute Gasteiger partial charge is 0.259 e. The molecule has 0 radical (unpaired) electrons. The van der Waals surface area contributed by atoms with Crippen LogP contribution in [0.15, 0.2) is 47.6 Å². The molecule has 0 atom stereocenters. The van der Waals surface area contributed by atoms with Crippen LogP contribution in [0.5, 0.6) is 11.5 Å². The molecule has 0 saturated heterocycles. The molecule has 0 aromatic heterocycles. The van der Waals surface area contributed by atoms with Gasteiger partial charge in [0.05, 0.1) is 19.4 Å². The molecule has 9 nitrogen and oxygen atoms in total. The molecule has 30 heavy (non-hydrogen) atoms. The van der Waals surface area contributed by atoms with Crippen LogP contribution < -0.4 is 25.9 Å². The minimum absolute atomic E-state index is 0.214. The zero-order valence-electron chi connectivity index (χ0n) is 16.8. The molecule has 2 aromatic carbocycles. The maximum atomic E-state index is 12.0. The van der Waals surface area contributed by atoms with Gasteiger partial charge in [0, 0.05) is 5.56 Å². The first-order chi connectivity index (χ1) is 14.4. The van der Waals surface area contributed by atoms with Gasteiger partial charge in [-0.3, -0.25) is 14.4 Å². The molecule has 0 unspecified atom stereocenters. The number of primary amides is 1. The fourth-order valence-electron chi connectivity index (χ4n) is 2.33. The van der Waals surface area contributed by atoms with Crippen molar-refractivity contribution in [2.45, 2.75) is 13.8 Å². The Kier molecular flexibility index (Phi) is 8.37. The molecule has 9 heteroatoms. The summed E-state index contributed by atoms with van der Waals surface area (Å²) in [5.74, 6) is -0.629. The van der Waals surface area contributed by atoms with E-state index in [1.807, 2.05) is 26.0 Å². The first-order valence-electron chi connectivity index (χ1n) is 9.23. The van der Waals surface area contributed by atoms with Gasteiger partial charge in [0.1, 0.15) is 0 Å². The fourth-order valence-corrected chi connectivity index (χ4v) is 2.33.